The van der Waals surface area contributed by atoms with Crippen LogP contribution >= 0.6 is 15.9 Å². The van der Waals surface area contributed by atoms with Gasteiger partial charge >= 0.3 is 0 Å². The Hall–Kier alpha value is -1.43. The zero-order valence-electron chi connectivity index (χ0n) is 9.37. The smallest absolute Gasteiger partial charge is 0.261 e. The zero-order valence-corrected chi connectivity index (χ0v) is 11.0. The van der Waals surface area contributed by atoms with E-state index < -0.39 is 11.4 Å². The zero-order chi connectivity index (χ0) is 12.8. The first kappa shape index (κ1) is 12.0. The molecule has 6 heteroatoms. The van der Waals surface area contributed by atoms with Crippen molar-refractivity contribution in [3.63, 3.8) is 0 Å². The van der Waals surface area contributed by atoms with Gasteiger partial charge < -0.3 is 5.73 Å². The Bertz CT molecular complexity index is 531. The minimum absolute atomic E-state index is 0.0943. The van der Waals surface area contributed by atoms with Crippen LogP contribution in [0.25, 0.3) is 0 Å². The van der Waals surface area contributed by atoms with Crippen LogP contribution in [-0.4, -0.2) is 23.8 Å². The monoisotopic (exact) mass is 299 g/mol. The van der Waals surface area contributed by atoms with Crippen molar-refractivity contribution < 1.29 is 9.18 Å². The molecule has 1 unspecified atom stereocenters. The molecule has 0 aliphatic carbocycles. The Labute approximate surface area is 106 Å². The van der Waals surface area contributed by atoms with E-state index in [0.717, 1.165) is 0 Å². The lowest BCUT2D eigenvalue weighted by Crippen LogP contribution is -2.39. The lowest BCUT2D eigenvalue weighted by molar-refractivity contribution is -0.130. The van der Waals surface area contributed by atoms with E-state index in [-0.39, 0.29) is 17.4 Å². The van der Waals surface area contributed by atoms with Crippen molar-refractivity contribution >= 4 is 27.8 Å². The number of aliphatic imine (C=N–C) groups is 1. The largest absolute Gasteiger partial charge is 0.369 e. The number of halogens is 2. The van der Waals surface area contributed by atoms with Gasteiger partial charge in [0.15, 0.2) is 11.5 Å². The number of likely N-dealkylation sites (N-methyl/N-ethyl adjacent to an activating group) is 1. The topological polar surface area (TPSA) is 58.7 Å². The molecule has 90 valence electrons. The average Bonchev–Trinajstić information content (AvgIpc) is 2.47. The van der Waals surface area contributed by atoms with Crippen molar-refractivity contribution in [1.82, 2.24) is 4.90 Å². The third kappa shape index (κ3) is 1.72. The molecular weight excluding hydrogens is 289 g/mol. The SMILES string of the molecule is CN1C(=O)C(C)(c2cc(Br)ccc2F)N=C1N. The highest BCUT2D eigenvalue weighted by Gasteiger charge is 2.45. The molecule has 1 aliphatic heterocycles. The van der Waals surface area contributed by atoms with Gasteiger partial charge in [-0.1, -0.05) is 15.9 Å². The van der Waals surface area contributed by atoms with Gasteiger partial charge in [0.05, 0.1) is 0 Å². The van der Waals surface area contributed by atoms with Crippen LogP contribution in [-0.2, 0) is 10.3 Å². The van der Waals surface area contributed by atoms with E-state index >= 15 is 0 Å². The number of carbonyl (C=O) groups excluding carboxylic acids is 1. The summed E-state index contributed by atoms with van der Waals surface area (Å²) >= 11 is 3.25. The van der Waals surface area contributed by atoms with Crippen molar-refractivity contribution in [2.75, 3.05) is 7.05 Å². The Morgan fingerprint density at radius 1 is 1.53 bits per heavy atom. The fourth-order valence-electron chi connectivity index (χ4n) is 1.83. The molecule has 0 saturated heterocycles. The summed E-state index contributed by atoms with van der Waals surface area (Å²) in [5.74, 6) is -0.722. The molecule has 1 aromatic carbocycles. The van der Waals surface area contributed by atoms with Gasteiger partial charge in [-0.3, -0.25) is 9.69 Å². The molecule has 0 bridgehead atoms. The summed E-state index contributed by atoms with van der Waals surface area (Å²) in [5, 5.41) is 0. The van der Waals surface area contributed by atoms with E-state index in [1.807, 2.05) is 0 Å². The second-order valence-corrected chi connectivity index (χ2v) is 4.95. The van der Waals surface area contributed by atoms with Crippen LogP contribution in [0.1, 0.15) is 12.5 Å². The molecule has 0 spiro atoms. The second kappa shape index (κ2) is 3.80. The molecule has 0 fully saturated rings. The van der Waals surface area contributed by atoms with Crippen LogP contribution in [0.15, 0.2) is 27.7 Å². The van der Waals surface area contributed by atoms with Gasteiger partial charge in [-0.15, -0.1) is 0 Å². The Kier molecular flexibility index (Phi) is 2.69. The number of rotatable bonds is 1. The Morgan fingerprint density at radius 2 is 2.18 bits per heavy atom. The lowest BCUT2D eigenvalue weighted by atomic mass is 9.92. The molecule has 17 heavy (non-hydrogen) atoms. The minimum Gasteiger partial charge on any atom is -0.369 e. The van der Waals surface area contributed by atoms with E-state index in [1.54, 1.807) is 19.1 Å². The molecule has 0 saturated carbocycles. The predicted octanol–water partition coefficient (Wildman–Crippen LogP) is 1.59. The molecule has 1 atom stereocenters. The standard InChI is InChI=1S/C11H11BrFN3O/c1-11(9(17)16(2)10(14)15-11)7-5-6(12)3-4-8(7)13/h3-5H,1-2H3,(H2,14,15). The highest BCUT2D eigenvalue weighted by molar-refractivity contribution is 9.10. The van der Waals surface area contributed by atoms with Gasteiger partial charge in [0.1, 0.15) is 5.82 Å². The molecular formula is C11H11BrFN3O. The van der Waals surface area contributed by atoms with Gasteiger partial charge in [0, 0.05) is 17.1 Å². The quantitative estimate of drug-likeness (QED) is 0.856. The van der Waals surface area contributed by atoms with Gasteiger partial charge in [0.25, 0.3) is 5.91 Å². The van der Waals surface area contributed by atoms with Gasteiger partial charge in [-0.05, 0) is 25.1 Å². The molecule has 1 amide bonds. The summed E-state index contributed by atoms with van der Waals surface area (Å²) < 4.78 is 14.5. The van der Waals surface area contributed by atoms with Crippen LogP contribution in [0.3, 0.4) is 0 Å². The highest BCUT2D eigenvalue weighted by atomic mass is 79.9. The molecule has 2 rings (SSSR count). The summed E-state index contributed by atoms with van der Waals surface area (Å²) in [6.07, 6.45) is 0. The highest BCUT2D eigenvalue weighted by Crippen LogP contribution is 2.34. The second-order valence-electron chi connectivity index (χ2n) is 4.03. The van der Waals surface area contributed by atoms with Crippen molar-refractivity contribution in [1.29, 1.82) is 0 Å². The lowest BCUT2D eigenvalue weighted by Gasteiger charge is -2.21. The van der Waals surface area contributed by atoms with Gasteiger partial charge in [-0.25, -0.2) is 9.38 Å². The van der Waals surface area contributed by atoms with Crippen LogP contribution in [0.5, 0.6) is 0 Å². The normalized spacial score (nSPS) is 24.1. The van der Waals surface area contributed by atoms with Crippen molar-refractivity contribution in [3.8, 4) is 0 Å². The van der Waals surface area contributed by atoms with E-state index in [1.165, 1.54) is 18.0 Å². The number of hydrogen-bond donors (Lipinski definition) is 1. The molecule has 0 radical (unpaired) electrons. The number of nitrogens with two attached hydrogens (primary N) is 1. The van der Waals surface area contributed by atoms with E-state index in [9.17, 15) is 9.18 Å². The van der Waals surface area contributed by atoms with Crippen LogP contribution < -0.4 is 5.73 Å². The predicted molar refractivity (Wildman–Crippen MR) is 65.8 cm³/mol. The van der Waals surface area contributed by atoms with E-state index in [4.69, 9.17) is 5.73 Å². The first-order valence-electron chi connectivity index (χ1n) is 4.95. The van der Waals surface area contributed by atoms with Crippen LogP contribution in [0, 0.1) is 5.82 Å². The maximum Gasteiger partial charge on any atom is 0.261 e. The first-order valence-corrected chi connectivity index (χ1v) is 5.74. The summed E-state index contributed by atoms with van der Waals surface area (Å²) in [5.41, 5.74) is 4.52. The van der Waals surface area contributed by atoms with E-state index in [0.29, 0.717) is 4.47 Å². The number of benzene rings is 1. The molecule has 2 N–H and O–H groups in total. The third-order valence-corrected chi connectivity index (χ3v) is 3.35. The summed E-state index contributed by atoms with van der Waals surface area (Å²) in [6.45, 7) is 1.55. The summed E-state index contributed by atoms with van der Waals surface area (Å²) in [4.78, 5) is 17.3. The van der Waals surface area contributed by atoms with Gasteiger partial charge in [-0.2, -0.15) is 0 Å². The Balaban J connectivity index is 2.60. The summed E-state index contributed by atoms with van der Waals surface area (Å²) in [7, 11) is 1.52. The molecule has 1 aromatic rings. The number of nitrogens with zero attached hydrogens (tertiary/aromatic N) is 2. The van der Waals surface area contributed by atoms with Crippen LogP contribution in [0.4, 0.5) is 4.39 Å². The molecule has 1 heterocycles. The number of amides is 1. The fourth-order valence-corrected chi connectivity index (χ4v) is 2.19. The van der Waals surface area contributed by atoms with E-state index in [2.05, 4.69) is 20.9 Å². The average molecular weight is 300 g/mol. The van der Waals surface area contributed by atoms with Crippen molar-refractivity contribution in [2.24, 2.45) is 10.7 Å². The van der Waals surface area contributed by atoms with Crippen LogP contribution in [0.2, 0.25) is 0 Å². The molecule has 1 aliphatic rings. The summed E-state index contributed by atoms with van der Waals surface area (Å²) in [6, 6.07) is 4.41. The number of guanidine groups is 1. The maximum atomic E-state index is 13.8. The Morgan fingerprint density at radius 3 is 2.71 bits per heavy atom. The minimum atomic E-state index is -1.29. The van der Waals surface area contributed by atoms with Crippen molar-refractivity contribution in [2.45, 2.75) is 12.5 Å². The number of hydrogen-bond acceptors (Lipinski definition) is 3. The maximum absolute atomic E-state index is 13.8. The third-order valence-electron chi connectivity index (χ3n) is 2.86. The van der Waals surface area contributed by atoms with Gasteiger partial charge in [0.2, 0.25) is 0 Å². The fraction of sp³-hybridized carbons (Fsp3) is 0.273. The first-order chi connectivity index (χ1) is 7.86. The van der Waals surface area contributed by atoms with Crippen molar-refractivity contribution in [3.05, 3.63) is 34.1 Å². The molecule has 0 aromatic heterocycles. The molecule has 4 nitrogen and oxygen atoms in total. The number of carbonyl (C=O) groups is 1.